The van der Waals surface area contributed by atoms with Gasteiger partial charge in [0, 0.05) is 24.7 Å². The number of fused-ring (bicyclic) bond motifs is 3. The lowest BCUT2D eigenvalue weighted by atomic mass is 9.45. The Morgan fingerprint density at radius 3 is 2.93 bits per heavy atom. The number of aliphatic hydroxyl groups is 2. The molecule has 1 spiro atoms. The van der Waals surface area contributed by atoms with E-state index in [9.17, 15) is 15.0 Å². The summed E-state index contributed by atoms with van der Waals surface area (Å²) in [5.74, 6) is -0.644. The van der Waals surface area contributed by atoms with Gasteiger partial charge >= 0.3 is 5.97 Å². The van der Waals surface area contributed by atoms with Gasteiger partial charge in [0.2, 0.25) is 0 Å². The van der Waals surface area contributed by atoms with Gasteiger partial charge in [0.1, 0.15) is 11.1 Å². The molecule has 3 N–H and O–H groups in total. The van der Waals surface area contributed by atoms with E-state index < -0.39 is 22.6 Å². The Morgan fingerprint density at radius 1 is 1.44 bits per heavy atom. The fraction of sp³-hybridized carbons (Fsp3) is 0.571. The fourth-order valence-electron chi connectivity index (χ4n) is 7.01. The highest BCUT2D eigenvalue weighted by Gasteiger charge is 2.82. The van der Waals surface area contributed by atoms with E-state index in [1.165, 1.54) is 7.11 Å². The average Bonchev–Trinajstić information content (AvgIpc) is 3.11. The number of aliphatic hydroxyl groups excluding tert-OH is 2. The third kappa shape index (κ3) is 1.55. The SMILES string of the molecule is C/C=C1/CN2CC[C@@]34c5ccccc5N[C@]23[C@H](O)C[C@@H]1C4(CO)C(=O)OC. The first-order valence-corrected chi connectivity index (χ1v) is 9.68. The maximum Gasteiger partial charge on any atom is 0.315 e. The molecule has 6 atom stereocenters. The van der Waals surface area contributed by atoms with Crippen molar-refractivity contribution in [2.45, 2.75) is 36.9 Å². The highest BCUT2D eigenvalue weighted by molar-refractivity contribution is 5.85. The number of hydrogen-bond acceptors (Lipinski definition) is 6. The zero-order valence-corrected chi connectivity index (χ0v) is 15.7. The molecule has 1 aliphatic carbocycles. The van der Waals surface area contributed by atoms with Gasteiger partial charge in [-0.3, -0.25) is 9.69 Å². The number of methoxy groups -OCH3 is 1. The maximum absolute atomic E-state index is 13.4. The van der Waals surface area contributed by atoms with Crippen molar-refractivity contribution >= 4 is 11.7 Å². The second-order valence-corrected chi connectivity index (χ2v) is 8.30. The molecule has 6 rings (SSSR count). The first kappa shape index (κ1) is 17.2. The van der Waals surface area contributed by atoms with E-state index in [-0.39, 0.29) is 18.5 Å². The normalized spacial score (nSPS) is 45.2. The van der Waals surface area contributed by atoms with Crippen LogP contribution in [0.25, 0.3) is 0 Å². The van der Waals surface area contributed by atoms with Crippen LogP contribution in [0.15, 0.2) is 35.9 Å². The van der Waals surface area contributed by atoms with Crippen LogP contribution in [0.1, 0.15) is 25.3 Å². The second kappa shape index (κ2) is 5.34. The minimum atomic E-state index is -1.13. The predicted molar refractivity (Wildman–Crippen MR) is 100 cm³/mol. The molecule has 6 nitrogen and oxygen atoms in total. The average molecular weight is 370 g/mol. The molecular formula is C21H26N2O4. The predicted octanol–water partition coefficient (Wildman–Crippen LogP) is 1.24. The van der Waals surface area contributed by atoms with Crippen molar-refractivity contribution in [1.29, 1.82) is 0 Å². The number of carbonyl (C=O) groups is 1. The Bertz CT molecular complexity index is 854. The highest BCUT2D eigenvalue weighted by Crippen LogP contribution is 2.72. The molecule has 144 valence electrons. The molecule has 6 heteroatoms. The maximum atomic E-state index is 13.4. The molecule has 1 aromatic carbocycles. The van der Waals surface area contributed by atoms with Crippen molar-refractivity contribution in [2.75, 3.05) is 32.1 Å². The van der Waals surface area contributed by atoms with Gasteiger partial charge in [0.15, 0.2) is 0 Å². The minimum absolute atomic E-state index is 0.263. The summed E-state index contributed by atoms with van der Waals surface area (Å²) in [6.07, 6.45) is 2.51. The van der Waals surface area contributed by atoms with Crippen LogP contribution >= 0.6 is 0 Å². The van der Waals surface area contributed by atoms with Gasteiger partial charge < -0.3 is 20.3 Å². The van der Waals surface area contributed by atoms with Crippen LogP contribution in [0.5, 0.6) is 0 Å². The van der Waals surface area contributed by atoms with Crippen molar-refractivity contribution in [2.24, 2.45) is 11.3 Å². The largest absolute Gasteiger partial charge is 0.468 e. The van der Waals surface area contributed by atoms with Gasteiger partial charge in [0.05, 0.1) is 25.2 Å². The number of para-hydroxylation sites is 1. The van der Waals surface area contributed by atoms with Crippen LogP contribution in [0.3, 0.4) is 0 Å². The number of rotatable bonds is 2. The van der Waals surface area contributed by atoms with Crippen molar-refractivity contribution in [1.82, 2.24) is 4.90 Å². The molecule has 4 fully saturated rings. The Morgan fingerprint density at radius 2 is 2.22 bits per heavy atom. The second-order valence-electron chi connectivity index (χ2n) is 8.30. The van der Waals surface area contributed by atoms with Gasteiger partial charge in [-0.05, 0) is 31.4 Å². The molecule has 0 aromatic heterocycles. The third-order valence-corrected chi connectivity index (χ3v) is 7.91. The van der Waals surface area contributed by atoms with Gasteiger partial charge in [-0.25, -0.2) is 0 Å². The Balaban J connectivity index is 1.93. The van der Waals surface area contributed by atoms with Gasteiger partial charge in [-0.15, -0.1) is 0 Å². The van der Waals surface area contributed by atoms with E-state index >= 15 is 0 Å². The van der Waals surface area contributed by atoms with E-state index in [2.05, 4.69) is 10.2 Å². The lowest BCUT2D eigenvalue weighted by Gasteiger charge is -2.59. The molecule has 4 aliphatic heterocycles. The van der Waals surface area contributed by atoms with Crippen LogP contribution < -0.4 is 5.32 Å². The molecule has 0 radical (unpaired) electrons. The molecular weight excluding hydrogens is 344 g/mol. The van der Waals surface area contributed by atoms with Crippen LogP contribution in [0.4, 0.5) is 5.69 Å². The van der Waals surface area contributed by atoms with E-state index in [1.807, 2.05) is 37.3 Å². The molecule has 4 bridgehead atoms. The minimum Gasteiger partial charge on any atom is -0.468 e. The van der Waals surface area contributed by atoms with E-state index in [4.69, 9.17) is 4.74 Å². The number of allylic oxidation sites excluding steroid dienone is 1. The van der Waals surface area contributed by atoms with Crippen LogP contribution in [-0.4, -0.2) is 59.7 Å². The van der Waals surface area contributed by atoms with Crippen LogP contribution in [0, 0.1) is 11.3 Å². The summed E-state index contributed by atoms with van der Waals surface area (Å²) in [7, 11) is 1.40. The van der Waals surface area contributed by atoms with Crippen molar-refractivity contribution in [3.05, 3.63) is 41.5 Å². The lowest BCUT2D eigenvalue weighted by Crippen LogP contribution is -2.75. The summed E-state index contributed by atoms with van der Waals surface area (Å²) in [4.78, 5) is 15.7. The molecule has 2 unspecified atom stereocenters. The summed E-state index contributed by atoms with van der Waals surface area (Å²) in [5.41, 5.74) is 0.354. The molecule has 0 amide bonds. The number of anilines is 1. The van der Waals surface area contributed by atoms with Gasteiger partial charge in [-0.1, -0.05) is 29.8 Å². The number of nitrogens with one attached hydrogen (secondary N) is 1. The number of hydrogen-bond donors (Lipinski definition) is 3. The van der Waals surface area contributed by atoms with E-state index in [1.54, 1.807) is 0 Å². The number of benzene rings is 1. The smallest absolute Gasteiger partial charge is 0.315 e. The number of ether oxygens (including phenoxy) is 1. The first-order chi connectivity index (χ1) is 13.0. The van der Waals surface area contributed by atoms with Crippen molar-refractivity contribution < 1.29 is 19.7 Å². The highest BCUT2D eigenvalue weighted by atomic mass is 16.5. The molecule has 4 heterocycles. The topological polar surface area (TPSA) is 82.0 Å². The van der Waals surface area contributed by atoms with E-state index in [0.717, 1.165) is 23.4 Å². The van der Waals surface area contributed by atoms with Crippen LogP contribution in [-0.2, 0) is 14.9 Å². The third-order valence-electron chi connectivity index (χ3n) is 7.91. The van der Waals surface area contributed by atoms with Gasteiger partial charge in [0.25, 0.3) is 0 Å². The number of esters is 1. The van der Waals surface area contributed by atoms with Crippen LogP contribution in [0.2, 0.25) is 0 Å². The Kier molecular flexibility index (Phi) is 3.41. The summed E-state index contributed by atoms with van der Waals surface area (Å²) in [5, 5.41) is 25.9. The summed E-state index contributed by atoms with van der Waals surface area (Å²) in [6, 6.07) is 7.97. The molecule has 3 saturated heterocycles. The molecule has 27 heavy (non-hydrogen) atoms. The first-order valence-electron chi connectivity index (χ1n) is 9.68. The van der Waals surface area contributed by atoms with Gasteiger partial charge in [-0.2, -0.15) is 0 Å². The lowest BCUT2D eigenvalue weighted by molar-refractivity contribution is -0.184. The summed E-state index contributed by atoms with van der Waals surface area (Å²) >= 11 is 0. The zero-order valence-electron chi connectivity index (χ0n) is 15.7. The quantitative estimate of drug-likeness (QED) is 0.537. The summed E-state index contributed by atoms with van der Waals surface area (Å²) < 4.78 is 5.33. The fourth-order valence-corrected chi connectivity index (χ4v) is 7.01. The van der Waals surface area contributed by atoms with Crippen molar-refractivity contribution in [3.63, 3.8) is 0 Å². The molecule has 1 saturated carbocycles. The summed E-state index contributed by atoms with van der Waals surface area (Å²) in [6.45, 7) is 3.10. The van der Waals surface area contributed by atoms with Crippen molar-refractivity contribution in [3.8, 4) is 0 Å². The number of carbonyl (C=O) groups excluding carboxylic acids is 1. The standard InChI is InChI=1S/C21H26N2O4/c1-3-13-11-23-9-8-20-14-6-4-5-7-16(14)22-21(20,23)17(25)10-15(13)19(20,12-24)18(26)27-2/h3-7,15,17,22,24-25H,8-12H2,1-2H3/b13-3-/t15-,17+,19?,20-,21+/m0/s1. The Labute approximate surface area is 158 Å². The van der Waals surface area contributed by atoms with E-state index in [0.29, 0.717) is 19.4 Å². The Hall–Kier alpha value is -1.89. The zero-order chi connectivity index (χ0) is 19.0. The molecule has 5 aliphatic rings. The number of nitrogens with zero attached hydrogens (tertiary/aromatic N) is 1. The monoisotopic (exact) mass is 370 g/mol. The molecule has 1 aromatic rings.